The number of anilines is 2. The molecule has 2 heterocycles. The van der Waals surface area contributed by atoms with Crippen molar-refractivity contribution < 1.29 is 13.9 Å². The maximum atomic E-state index is 12.0. The Hall–Kier alpha value is -3.85. The minimum atomic E-state index is -0.301. The van der Waals surface area contributed by atoms with E-state index in [0.29, 0.717) is 41.7 Å². The van der Waals surface area contributed by atoms with Crippen LogP contribution in [0.25, 0.3) is 11.1 Å². The number of hydrogen-bond acceptors (Lipinski definition) is 7. The van der Waals surface area contributed by atoms with Gasteiger partial charge in [-0.2, -0.15) is 4.98 Å². The number of carbonyl (C=O) groups excluding carboxylic acids is 1. The Labute approximate surface area is 173 Å². The van der Waals surface area contributed by atoms with Crippen LogP contribution in [0.3, 0.4) is 0 Å². The number of carbonyl (C=O) groups is 1. The predicted molar refractivity (Wildman–Crippen MR) is 118 cm³/mol. The molecule has 0 radical (unpaired) electrons. The van der Waals surface area contributed by atoms with Gasteiger partial charge in [0.15, 0.2) is 5.58 Å². The summed E-state index contributed by atoms with van der Waals surface area (Å²) in [6.07, 6.45) is 1.52. The molecule has 4 N–H and O–H groups in total. The number of pyridine rings is 1. The Bertz CT molecular complexity index is 1180. The number of amides is 1. The van der Waals surface area contributed by atoms with Gasteiger partial charge < -0.3 is 25.5 Å². The van der Waals surface area contributed by atoms with E-state index in [1.165, 1.54) is 11.7 Å². The molecule has 30 heavy (non-hydrogen) atoms. The Morgan fingerprint density at radius 1 is 1.10 bits per heavy atom. The Morgan fingerprint density at radius 3 is 2.70 bits per heavy atom. The number of nitrogens with two attached hydrogens (primary N) is 1. The molecule has 0 aliphatic heterocycles. The number of oxazole rings is 1. The van der Waals surface area contributed by atoms with Crippen molar-refractivity contribution in [2.75, 3.05) is 18.4 Å². The molecule has 0 saturated carbocycles. The molecule has 4 rings (SSSR count). The average Bonchev–Trinajstić information content (AvgIpc) is 3.15. The summed E-state index contributed by atoms with van der Waals surface area (Å²) in [6, 6.07) is 16.9. The summed E-state index contributed by atoms with van der Waals surface area (Å²) in [4.78, 5) is 20.6. The van der Waals surface area contributed by atoms with E-state index in [-0.39, 0.29) is 11.6 Å². The molecule has 0 saturated heterocycles. The van der Waals surface area contributed by atoms with Gasteiger partial charge in [-0.05, 0) is 30.3 Å². The summed E-state index contributed by atoms with van der Waals surface area (Å²) in [7, 11) is 2.03. The normalized spacial score (nSPS) is 10.7. The maximum absolute atomic E-state index is 12.0. The second kappa shape index (κ2) is 8.67. The van der Waals surface area contributed by atoms with E-state index in [4.69, 9.17) is 14.9 Å². The molecule has 2 aromatic carbocycles. The van der Waals surface area contributed by atoms with E-state index in [2.05, 4.69) is 20.6 Å². The van der Waals surface area contributed by atoms with Gasteiger partial charge in [0.1, 0.15) is 30.6 Å². The van der Waals surface area contributed by atoms with Gasteiger partial charge in [-0.25, -0.2) is 0 Å². The maximum Gasteiger partial charge on any atom is 0.300 e. The quantitative estimate of drug-likeness (QED) is 0.404. The lowest BCUT2D eigenvalue weighted by atomic mass is 9.96. The van der Waals surface area contributed by atoms with Crippen LogP contribution >= 0.6 is 0 Å². The number of nitrogens with one attached hydrogen (secondary N) is 2. The second-order valence-electron chi connectivity index (χ2n) is 6.66. The third-order valence-corrected chi connectivity index (χ3v) is 4.29. The van der Waals surface area contributed by atoms with Gasteiger partial charge >= 0.3 is 0 Å². The van der Waals surface area contributed by atoms with Gasteiger partial charge in [0.05, 0.1) is 0 Å². The molecule has 0 atom stereocenters. The fourth-order valence-corrected chi connectivity index (χ4v) is 2.80. The van der Waals surface area contributed by atoms with Crippen LogP contribution in [0.4, 0.5) is 11.7 Å². The fourth-order valence-electron chi connectivity index (χ4n) is 2.80. The number of fused-ring (bicyclic) bond motifs is 1. The van der Waals surface area contributed by atoms with Gasteiger partial charge in [0.25, 0.3) is 11.9 Å². The van der Waals surface area contributed by atoms with Gasteiger partial charge in [-0.3, -0.25) is 9.78 Å². The molecular weight excluding hydrogens is 381 g/mol. The number of rotatable bonds is 7. The van der Waals surface area contributed by atoms with E-state index >= 15 is 0 Å². The molecular formula is C21H20BN5O3. The van der Waals surface area contributed by atoms with Crippen molar-refractivity contribution in [1.29, 1.82) is 0 Å². The molecule has 0 fully saturated rings. The van der Waals surface area contributed by atoms with E-state index < -0.39 is 0 Å². The first-order chi connectivity index (χ1) is 14.6. The number of ether oxygens (including phenoxy) is 1. The molecule has 9 heteroatoms. The van der Waals surface area contributed by atoms with Gasteiger partial charge in [-0.1, -0.05) is 17.6 Å². The van der Waals surface area contributed by atoms with Crippen LogP contribution in [0, 0.1) is 0 Å². The first-order valence-corrected chi connectivity index (χ1v) is 9.47. The standard InChI is InChI=1S/C21H20BN5O3/c22-13-1-3-14(4-2-13)26-21-27-17-11-15(5-6-19(17)30-21)29-16-7-9-24-18(12-16)20(28)25-10-8-23/h1-7,9,11-12H,8,10,22-23H2,(H,25,28)(H,26,27). The van der Waals surface area contributed by atoms with Crippen molar-refractivity contribution in [2.45, 2.75) is 0 Å². The second-order valence-corrected chi connectivity index (χ2v) is 6.66. The minimum absolute atomic E-state index is 0.257. The monoisotopic (exact) mass is 401 g/mol. The van der Waals surface area contributed by atoms with Crippen LogP contribution in [-0.4, -0.2) is 36.8 Å². The molecule has 2 aromatic heterocycles. The number of hydrogen-bond donors (Lipinski definition) is 3. The third kappa shape index (κ3) is 4.58. The van der Waals surface area contributed by atoms with Crippen LogP contribution in [-0.2, 0) is 0 Å². The fraction of sp³-hybridized carbons (Fsp3) is 0.0952. The summed E-state index contributed by atoms with van der Waals surface area (Å²) in [5, 5.41) is 5.82. The van der Waals surface area contributed by atoms with Gasteiger partial charge in [0, 0.05) is 37.1 Å². The lowest BCUT2D eigenvalue weighted by molar-refractivity contribution is 0.0949. The van der Waals surface area contributed by atoms with Crippen LogP contribution in [0.1, 0.15) is 10.5 Å². The highest BCUT2D eigenvalue weighted by Crippen LogP contribution is 2.28. The zero-order valence-corrected chi connectivity index (χ0v) is 16.4. The zero-order valence-electron chi connectivity index (χ0n) is 16.4. The molecule has 8 nitrogen and oxygen atoms in total. The van der Waals surface area contributed by atoms with Gasteiger partial charge in [-0.15, -0.1) is 0 Å². The average molecular weight is 401 g/mol. The summed E-state index contributed by atoms with van der Waals surface area (Å²) in [5.41, 5.74) is 9.01. The highest BCUT2D eigenvalue weighted by molar-refractivity contribution is 6.32. The van der Waals surface area contributed by atoms with Crippen LogP contribution in [0.2, 0.25) is 0 Å². The van der Waals surface area contributed by atoms with Crippen LogP contribution < -0.4 is 26.6 Å². The topological polar surface area (TPSA) is 115 Å². The summed E-state index contributed by atoms with van der Waals surface area (Å²) >= 11 is 0. The largest absolute Gasteiger partial charge is 0.457 e. The van der Waals surface area contributed by atoms with Crippen molar-refractivity contribution in [3.05, 3.63) is 66.5 Å². The van der Waals surface area contributed by atoms with E-state index in [1.807, 2.05) is 32.1 Å². The molecule has 150 valence electrons. The zero-order chi connectivity index (χ0) is 20.9. The first-order valence-electron chi connectivity index (χ1n) is 9.47. The molecule has 0 spiro atoms. The van der Waals surface area contributed by atoms with Crippen molar-refractivity contribution in [1.82, 2.24) is 15.3 Å². The minimum Gasteiger partial charge on any atom is -0.457 e. The smallest absolute Gasteiger partial charge is 0.300 e. The van der Waals surface area contributed by atoms with Crippen molar-refractivity contribution in [3.63, 3.8) is 0 Å². The van der Waals surface area contributed by atoms with E-state index in [1.54, 1.807) is 30.3 Å². The number of aromatic nitrogens is 2. The molecule has 0 aliphatic carbocycles. The summed E-state index contributed by atoms with van der Waals surface area (Å²) in [6.45, 7) is 0.744. The summed E-state index contributed by atoms with van der Waals surface area (Å²) < 4.78 is 11.6. The Morgan fingerprint density at radius 2 is 1.90 bits per heavy atom. The van der Waals surface area contributed by atoms with E-state index in [9.17, 15) is 4.79 Å². The Kier molecular flexibility index (Phi) is 5.62. The van der Waals surface area contributed by atoms with Gasteiger partial charge in [0.2, 0.25) is 0 Å². The summed E-state index contributed by atoms with van der Waals surface area (Å²) in [5.74, 6) is 0.755. The predicted octanol–water partition coefficient (Wildman–Crippen LogP) is 1.71. The Balaban J connectivity index is 1.50. The molecule has 0 bridgehead atoms. The van der Waals surface area contributed by atoms with Crippen molar-refractivity contribution in [3.8, 4) is 11.5 Å². The SMILES string of the molecule is Bc1ccc(Nc2nc3cc(Oc4ccnc(C(=O)NCCN)c4)ccc3o2)cc1. The van der Waals surface area contributed by atoms with Crippen LogP contribution in [0.5, 0.6) is 11.5 Å². The highest BCUT2D eigenvalue weighted by Gasteiger charge is 2.10. The van der Waals surface area contributed by atoms with Crippen molar-refractivity contribution in [2.24, 2.45) is 5.73 Å². The lowest BCUT2D eigenvalue weighted by Crippen LogP contribution is -2.29. The lowest BCUT2D eigenvalue weighted by Gasteiger charge is -2.07. The van der Waals surface area contributed by atoms with E-state index in [0.717, 1.165) is 5.69 Å². The molecule has 4 aromatic rings. The number of benzene rings is 2. The third-order valence-electron chi connectivity index (χ3n) is 4.29. The number of nitrogens with zero attached hydrogens (tertiary/aromatic N) is 2. The van der Waals surface area contributed by atoms with Crippen molar-refractivity contribution >= 4 is 42.0 Å². The molecule has 1 amide bonds. The molecule has 0 aliphatic rings. The van der Waals surface area contributed by atoms with Crippen LogP contribution in [0.15, 0.2) is 65.2 Å². The molecule has 0 unspecified atom stereocenters. The first kappa shape index (κ1) is 19.5. The highest BCUT2D eigenvalue weighted by atomic mass is 16.5.